The van der Waals surface area contributed by atoms with E-state index in [2.05, 4.69) is 6.07 Å². The van der Waals surface area contributed by atoms with Gasteiger partial charge in [-0.25, -0.2) is 4.79 Å². The summed E-state index contributed by atoms with van der Waals surface area (Å²) in [5, 5.41) is 11.1. The lowest BCUT2D eigenvalue weighted by atomic mass is 9.82. The molecule has 0 fully saturated rings. The van der Waals surface area contributed by atoms with Crippen LogP contribution in [0.5, 0.6) is 0 Å². The van der Waals surface area contributed by atoms with E-state index in [9.17, 15) is 14.9 Å². The van der Waals surface area contributed by atoms with Gasteiger partial charge < -0.3 is 10.5 Å². The fourth-order valence-corrected chi connectivity index (χ4v) is 5.30. The second-order valence-corrected chi connectivity index (χ2v) is 8.56. The first-order valence-electron chi connectivity index (χ1n) is 9.26. The molecule has 156 valence electrons. The van der Waals surface area contributed by atoms with E-state index >= 15 is 0 Å². The molecule has 0 saturated carbocycles. The Morgan fingerprint density at radius 2 is 2.03 bits per heavy atom. The number of thioether (sulfide) groups is 1. The molecule has 6 nitrogen and oxygen atoms in total. The minimum Gasteiger partial charge on any atom is -0.463 e. The quantitative estimate of drug-likeness (QED) is 0.645. The minimum absolute atomic E-state index is 0.0142. The smallest absolute Gasteiger partial charge is 0.338 e. The molecule has 4 rings (SSSR count). The lowest BCUT2D eigenvalue weighted by Gasteiger charge is -2.38. The SMILES string of the molecule is CCOC(=O)C1=C(N)N2C(=O)c3ccccc3SC2=C(C#N)C1c1ccc(Cl)cc1Cl. The Balaban J connectivity index is 2.01. The largest absolute Gasteiger partial charge is 0.463 e. The maximum Gasteiger partial charge on any atom is 0.338 e. The van der Waals surface area contributed by atoms with Crippen LogP contribution < -0.4 is 5.73 Å². The number of carbonyl (C=O) groups excluding carboxylic acids is 2. The first kappa shape index (κ1) is 21.3. The number of amides is 1. The molecule has 1 amide bonds. The molecule has 31 heavy (non-hydrogen) atoms. The third-order valence-corrected chi connectivity index (χ3v) is 6.68. The summed E-state index contributed by atoms with van der Waals surface area (Å²) in [6.45, 7) is 1.76. The van der Waals surface area contributed by atoms with Crippen LogP contribution >= 0.6 is 35.0 Å². The van der Waals surface area contributed by atoms with Crippen LogP contribution in [0.2, 0.25) is 10.0 Å². The molecule has 0 radical (unpaired) electrons. The molecule has 0 bridgehead atoms. The topological polar surface area (TPSA) is 96.4 Å². The van der Waals surface area contributed by atoms with E-state index in [1.54, 1.807) is 43.3 Å². The highest BCUT2D eigenvalue weighted by Gasteiger charge is 2.45. The molecule has 1 unspecified atom stereocenters. The van der Waals surface area contributed by atoms with Crippen LogP contribution in [-0.2, 0) is 9.53 Å². The lowest BCUT2D eigenvalue weighted by Crippen LogP contribution is -2.42. The summed E-state index contributed by atoms with van der Waals surface area (Å²) in [6.07, 6.45) is 0. The van der Waals surface area contributed by atoms with Gasteiger partial charge in [-0.1, -0.05) is 53.2 Å². The fraction of sp³-hybridized carbons (Fsp3) is 0.136. The van der Waals surface area contributed by atoms with Crippen LogP contribution in [0.1, 0.15) is 28.8 Å². The molecule has 0 spiro atoms. The van der Waals surface area contributed by atoms with E-state index in [1.165, 1.54) is 22.7 Å². The molecule has 2 aromatic rings. The van der Waals surface area contributed by atoms with Gasteiger partial charge >= 0.3 is 5.97 Å². The number of rotatable bonds is 3. The van der Waals surface area contributed by atoms with Crippen molar-refractivity contribution in [3.63, 3.8) is 0 Å². The molecule has 1 atom stereocenters. The van der Waals surface area contributed by atoms with E-state index in [0.29, 0.717) is 26.1 Å². The van der Waals surface area contributed by atoms with Crippen molar-refractivity contribution in [1.29, 1.82) is 5.26 Å². The minimum atomic E-state index is -0.911. The van der Waals surface area contributed by atoms with Gasteiger partial charge in [0.2, 0.25) is 0 Å². The molecule has 0 aromatic heterocycles. The third-order valence-electron chi connectivity index (χ3n) is 4.94. The number of benzene rings is 2. The first-order valence-corrected chi connectivity index (χ1v) is 10.8. The number of hydrogen-bond donors (Lipinski definition) is 1. The van der Waals surface area contributed by atoms with E-state index in [1.807, 2.05) is 0 Å². The van der Waals surface area contributed by atoms with E-state index in [4.69, 9.17) is 33.7 Å². The Morgan fingerprint density at radius 1 is 1.29 bits per heavy atom. The summed E-state index contributed by atoms with van der Waals surface area (Å²) in [4.78, 5) is 28.1. The van der Waals surface area contributed by atoms with Crippen molar-refractivity contribution in [2.24, 2.45) is 5.73 Å². The van der Waals surface area contributed by atoms with Crippen molar-refractivity contribution in [2.45, 2.75) is 17.7 Å². The van der Waals surface area contributed by atoms with Gasteiger partial charge in [0.15, 0.2) is 0 Å². The van der Waals surface area contributed by atoms with Crippen LogP contribution in [0.25, 0.3) is 0 Å². The summed E-state index contributed by atoms with van der Waals surface area (Å²) in [5.74, 6) is -2.14. The van der Waals surface area contributed by atoms with Crippen LogP contribution in [-0.4, -0.2) is 23.4 Å². The van der Waals surface area contributed by atoms with Gasteiger partial charge in [-0.05, 0) is 36.8 Å². The van der Waals surface area contributed by atoms with Gasteiger partial charge in [0.25, 0.3) is 5.91 Å². The van der Waals surface area contributed by atoms with Gasteiger partial charge in [0, 0.05) is 14.9 Å². The number of allylic oxidation sites excluding steroid dienone is 1. The van der Waals surface area contributed by atoms with Crippen molar-refractivity contribution in [2.75, 3.05) is 6.61 Å². The molecular weight excluding hydrogens is 457 g/mol. The third kappa shape index (κ3) is 3.47. The molecule has 0 aliphatic carbocycles. The van der Waals surface area contributed by atoms with Crippen molar-refractivity contribution in [1.82, 2.24) is 4.90 Å². The van der Waals surface area contributed by atoms with Gasteiger partial charge in [-0.3, -0.25) is 9.69 Å². The number of hydrogen-bond acceptors (Lipinski definition) is 6. The Hall–Kier alpha value is -2.92. The Morgan fingerprint density at radius 3 is 2.71 bits per heavy atom. The summed E-state index contributed by atoms with van der Waals surface area (Å²) in [5.41, 5.74) is 7.45. The number of esters is 1. The molecule has 2 N–H and O–H groups in total. The van der Waals surface area contributed by atoms with Crippen molar-refractivity contribution in [3.8, 4) is 6.07 Å². The van der Waals surface area contributed by atoms with E-state index in [-0.39, 0.29) is 28.6 Å². The number of halogens is 2. The van der Waals surface area contributed by atoms with Crippen molar-refractivity contribution in [3.05, 3.63) is 85.6 Å². The van der Waals surface area contributed by atoms with E-state index in [0.717, 1.165) is 0 Å². The second kappa shape index (κ2) is 8.31. The van der Waals surface area contributed by atoms with Gasteiger partial charge in [0.05, 0.1) is 35.3 Å². The average Bonchev–Trinajstić information content (AvgIpc) is 2.74. The van der Waals surface area contributed by atoms with Gasteiger partial charge in [-0.2, -0.15) is 5.26 Å². The normalized spacial score (nSPS) is 17.8. The number of nitrogens with zero attached hydrogens (tertiary/aromatic N) is 2. The Kier molecular flexibility index (Phi) is 5.71. The highest BCUT2D eigenvalue weighted by Crippen LogP contribution is 2.50. The van der Waals surface area contributed by atoms with E-state index < -0.39 is 17.8 Å². The highest BCUT2D eigenvalue weighted by atomic mass is 35.5. The number of carbonyl (C=O) groups is 2. The molecule has 2 aliphatic rings. The van der Waals surface area contributed by atoms with Crippen LogP contribution in [0.15, 0.2) is 69.4 Å². The zero-order valence-electron chi connectivity index (χ0n) is 16.2. The van der Waals surface area contributed by atoms with Crippen LogP contribution in [0.4, 0.5) is 0 Å². The molecular formula is C22H15Cl2N3O3S. The van der Waals surface area contributed by atoms with Crippen LogP contribution in [0.3, 0.4) is 0 Å². The van der Waals surface area contributed by atoms with Crippen molar-refractivity contribution >= 4 is 46.8 Å². The number of nitrogens with two attached hydrogens (primary N) is 1. The Labute approximate surface area is 192 Å². The summed E-state index contributed by atoms with van der Waals surface area (Å²) in [6, 6.07) is 14.0. The maximum absolute atomic E-state index is 13.3. The molecule has 9 heteroatoms. The zero-order chi connectivity index (χ0) is 22.3. The number of ether oxygens (including phenoxy) is 1. The first-order chi connectivity index (χ1) is 14.9. The highest BCUT2D eigenvalue weighted by molar-refractivity contribution is 8.03. The second-order valence-electron chi connectivity index (χ2n) is 6.69. The van der Waals surface area contributed by atoms with Crippen LogP contribution in [0, 0.1) is 11.3 Å². The molecule has 2 heterocycles. The molecule has 2 aliphatic heterocycles. The Bertz CT molecular complexity index is 1230. The predicted molar refractivity (Wildman–Crippen MR) is 118 cm³/mol. The number of nitriles is 1. The predicted octanol–water partition coefficient (Wildman–Crippen LogP) is 4.81. The zero-order valence-corrected chi connectivity index (χ0v) is 18.5. The monoisotopic (exact) mass is 471 g/mol. The summed E-state index contributed by atoms with van der Waals surface area (Å²) >= 11 is 13.7. The standard InChI is InChI=1S/C22H15Cl2N3O3S/c1-2-30-22(29)18-17(12-8-7-11(23)9-15(12)24)14(10-25)21-27(19(18)26)20(28)13-5-3-4-6-16(13)31-21/h3-9,17H,2,26H2,1H3. The van der Waals surface area contributed by atoms with Gasteiger partial charge in [0.1, 0.15) is 10.9 Å². The summed E-state index contributed by atoms with van der Waals surface area (Å²) in [7, 11) is 0. The van der Waals surface area contributed by atoms with Gasteiger partial charge in [-0.15, -0.1) is 0 Å². The fourth-order valence-electron chi connectivity index (χ4n) is 3.62. The average molecular weight is 472 g/mol. The van der Waals surface area contributed by atoms with Crippen molar-refractivity contribution < 1.29 is 14.3 Å². The molecule has 2 aromatic carbocycles. The molecule has 0 saturated heterocycles. The number of fused-ring (bicyclic) bond motifs is 2. The summed E-state index contributed by atoms with van der Waals surface area (Å²) < 4.78 is 5.22. The maximum atomic E-state index is 13.3. The lowest BCUT2D eigenvalue weighted by molar-refractivity contribution is -0.138.